The molecule has 2 aromatic rings. The summed E-state index contributed by atoms with van der Waals surface area (Å²) in [6.45, 7) is 7.14. The van der Waals surface area contributed by atoms with Crippen molar-refractivity contribution in [2.45, 2.75) is 53.1 Å². The second kappa shape index (κ2) is 6.26. The Morgan fingerprint density at radius 3 is 2.79 bits per heavy atom. The zero-order valence-corrected chi connectivity index (χ0v) is 14.8. The molecular weight excluding hydrogens is 304 g/mol. The van der Waals surface area contributed by atoms with Gasteiger partial charge in [-0.1, -0.05) is 0 Å². The van der Waals surface area contributed by atoms with E-state index in [4.69, 9.17) is 0 Å². The third-order valence-corrected chi connectivity index (χ3v) is 4.71. The van der Waals surface area contributed by atoms with Crippen molar-refractivity contribution in [3.63, 3.8) is 0 Å². The molecule has 0 radical (unpaired) electrons. The van der Waals surface area contributed by atoms with Crippen LogP contribution in [0.1, 0.15) is 63.1 Å². The number of ketones is 1. The summed E-state index contributed by atoms with van der Waals surface area (Å²) in [4.78, 5) is 30.2. The van der Waals surface area contributed by atoms with Crippen LogP contribution in [0.25, 0.3) is 0 Å². The van der Waals surface area contributed by atoms with E-state index in [9.17, 15) is 9.59 Å². The fourth-order valence-corrected chi connectivity index (χ4v) is 3.40. The Balaban J connectivity index is 1.87. The minimum Gasteiger partial charge on any atom is -0.361 e. The fraction of sp³-hybridized carbons (Fsp3) is 0.500. The number of aromatic amines is 1. The molecule has 0 spiro atoms. The molecule has 0 fully saturated rings. The smallest absolute Gasteiger partial charge is 0.256 e. The van der Waals surface area contributed by atoms with Gasteiger partial charge in [0.25, 0.3) is 5.91 Å². The average Bonchev–Trinajstić information content (AvgIpc) is 3.07. The number of carbonyl (C=O) groups excluding carboxylic acids is 2. The van der Waals surface area contributed by atoms with Crippen molar-refractivity contribution >= 4 is 11.7 Å². The number of Topliss-reactive ketones (excluding diaryl/α,β-unsaturated/α-hetero) is 1. The molecule has 0 atom stereocenters. The maximum atomic E-state index is 13.0. The van der Waals surface area contributed by atoms with E-state index < -0.39 is 0 Å². The first-order valence-corrected chi connectivity index (χ1v) is 8.45. The summed E-state index contributed by atoms with van der Waals surface area (Å²) in [7, 11) is 1.77. The highest BCUT2D eigenvalue weighted by molar-refractivity contribution is 6.10. The van der Waals surface area contributed by atoms with Crippen LogP contribution in [-0.2, 0) is 19.5 Å². The lowest BCUT2D eigenvalue weighted by atomic mass is 9.92. The third-order valence-electron chi connectivity index (χ3n) is 4.71. The van der Waals surface area contributed by atoms with Crippen molar-refractivity contribution in [1.82, 2.24) is 19.7 Å². The Morgan fingerprint density at radius 2 is 2.12 bits per heavy atom. The van der Waals surface area contributed by atoms with E-state index in [0.29, 0.717) is 24.1 Å². The SMILES string of the molecule is CCn1cc(CN(C)C(=O)c2c(C)[nH]c3c2C(=O)CCC3)c(C)n1. The van der Waals surface area contributed by atoms with Crippen LogP contribution < -0.4 is 0 Å². The maximum Gasteiger partial charge on any atom is 0.256 e. The van der Waals surface area contributed by atoms with Crippen molar-refractivity contribution in [2.75, 3.05) is 7.05 Å². The minimum absolute atomic E-state index is 0.0762. The molecule has 1 amide bonds. The van der Waals surface area contributed by atoms with E-state index in [2.05, 4.69) is 10.1 Å². The van der Waals surface area contributed by atoms with Crippen molar-refractivity contribution in [3.05, 3.63) is 40.0 Å². The zero-order valence-electron chi connectivity index (χ0n) is 14.8. The summed E-state index contributed by atoms with van der Waals surface area (Å²) in [6, 6.07) is 0. The second-order valence-corrected chi connectivity index (χ2v) is 6.51. The normalized spacial score (nSPS) is 13.9. The number of aryl methyl sites for hydroxylation is 4. The van der Waals surface area contributed by atoms with E-state index >= 15 is 0 Å². The van der Waals surface area contributed by atoms with Gasteiger partial charge in [-0.25, -0.2) is 0 Å². The van der Waals surface area contributed by atoms with Crippen LogP contribution in [0.5, 0.6) is 0 Å². The van der Waals surface area contributed by atoms with Gasteiger partial charge in [-0.3, -0.25) is 14.3 Å². The number of carbonyl (C=O) groups is 2. The number of hydrogen-bond donors (Lipinski definition) is 1. The van der Waals surface area contributed by atoms with Crippen LogP contribution in [0.15, 0.2) is 6.20 Å². The van der Waals surface area contributed by atoms with E-state index in [0.717, 1.165) is 42.0 Å². The molecule has 0 saturated heterocycles. The zero-order chi connectivity index (χ0) is 17.4. The lowest BCUT2D eigenvalue weighted by Gasteiger charge is -2.18. The molecule has 0 saturated carbocycles. The van der Waals surface area contributed by atoms with Crippen molar-refractivity contribution in [2.24, 2.45) is 0 Å². The van der Waals surface area contributed by atoms with Gasteiger partial charge >= 0.3 is 0 Å². The minimum atomic E-state index is -0.108. The number of H-pyrrole nitrogens is 1. The third kappa shape index (κ3) is 2.77. The maximum absolute atomic E-state index is 13.0. The predicted octanol–water partition coefficient (Wildman–Crippen LogP) is 2.64. The largest absolute Gasteiger partial charge is 0.361 e. The van der Waals surface area contributed by atoms with Gasteiger partial charge in [0, 0.05) is 49.7 Å². The first-order valence-electron chi connectivity index (χ1n) is 8.45. The van der Waals surface area contributed by atoms with Gasteiger partial charge in [-0.15, -0.1) is 0 Å². The number of fused-ring (bicyclic) bond motifs is 1. The lowest BCUT2D eigenvalue weighted by molar-refractivity contribution is 0.0778. The van der Waals surface area contributed by atoms with E-state index in [1.807, 2.05) is 31.6 Å². The van der Waals surface area contributed by atoms with Gasteiger partial charge in [0.15, 0.2) is 5.78 Å². The molecule has 24 heavy (non-hydrogen) atoms. The van der Waals surface area contributed by atoms with Crippen molar-refractivity contribution in [1.29, 1.82) is 0 Å². The monoisotopic (exact) mass is 328 g/mol. The van der Waals surface area contributed by atoms with Gasteiger partial charge < -0.3 is 9.88 Å². The molecule has 0 aliphatic heterocycles. The van der Waals surface area contributed by atoms with Gasteiger partial charge in [-0.2, -0.15) is 5.10 Å². The molecule has 1 N–H and O–H groups in total. The summed E-state index contributed by atoms with van der Waals surface area (Å²) >= 11 is 0. The van der Waals surface area contributed by atoms with Gasteiger partial charge in [-0.05, 0) is 33.6 Å². The summed E-state index contributed by atoms with van der Waals surface area (Å²) in [5.74, 6) is -0.0313. The number of rotatable bonds is 4. The number of nitrogens with one attached hydrogen (secondary N) is 1. The molecular formula is C18H24N4O2. The number of nitrogens with zero attached hydrogens (tertiary/aromatic N) is 3. The number of aromatic nitrogens is 3. The van der Waals surface area contributed by atoms with Crippen LogP contribution in [-0.4, -0.2) is 38.4 Å². The Morgan fingerprint density at radius 1 is 1.38 bits per heavy atom. The average molecular weight is 328 g/mol. The molecule has 6 heteroatoms. The molecule has 0 unspecified atom stereocenters. The Kier molecular flexibility index (Phi) is 4.30. The van der Waals surface area contributed by atoms with E-state index in [1.54, 1.807) is 11.9 Å². The lowest BCUT2D eigenvalue weighted by Crippen LogP contribution is -2.28. The van der Waals surface area contributed by atoms with Crippen LogP contribution >= 0.6 is 0 Å². The Labute approximate surface area is 141 Å². The second-order valence-electron chi connectivity index (χ2n) is 6.51. The van der Waals surface area contributed by atoms with Crippen LogP contribution in [0.4, 0.5) is 0 Å². The highest BCUT2D eigenvalue weighted by Gasteiger charge is 2.29. The van der Waals surface area contributed by atoms with Crippen molar-refractivity contribution < 1.29 is 9.59 Å². The summed E-state index contributed by atoms with van der Waals surface area (Å²) in [6.07, 6.45) is 4.19. The van der Waals surface area contributed by atoms with Crippen LogP contribution in [0.2, 0.25) is 0 Å². The summed E-state index contributed by atoms with van der Waals surface area (Å²) < 4.78 is 1.87. The topological polar surface area (TPSA) is 71.0 Å². The highest BCUT2D eigenvalue weighted by atomic mass is 16.2. The summed E-state index contributed by atoms with van der Waals surface area (Å²) in [5.41, 5.74) is 4.80. The number of hydrogen-bond acceptors (Lipinski definition) is 3. The molecule has 1 aliphatic carbocycles. The quantitative estimate of drug-likeness (QED) is 0.938. The predicted molar refractivity (Wildman–Crippen MR) is 91.2 cm³/mol. The molecule has 6 nitrogen and oxygen atoms in total. The van der Waals surface area contributed by atoms with Crippen LogP contribution in [0.3, 0.4) is 0 Å². The van der Waals surface area contributed by atoms with Crippen molar-refractivity contribution in [3.8, 4) is 0 Å². The molecule has 2 heterocycles. The first-order chi connectivity index (χ1) is 11.4. The molecule has 128 valence electrons. The van der Waals surface area contributed by atoms with Gasteiger partial charge in [0.05, 0.1) is 16.8 Å². The molecule has 0 aromatic carbocycles. The van der Waals surface area contributed by atoms with Gasteiger partial charge in [0.1, 0.15) is 0 Å². The molecule has 3 rings (SSSR count). The summed E-state index contributed by atoms with van der Waals surface area (Å²) in [5, 5.41) is 4.42. The van der Waals surface area contributed by atoms with E-state index in [-0.39, 0.29) is 11.7 Å². The molecule has 1 aliphatic rings. The molecule has 0 bridgehead atoms. The number of amides is 1. The van der Waals surface area contributed by atoms with E-state index in [1.165, 1.54) is 0 Å². The van der Waals surface area contributed by atoms with Crippen LogP contribution in [0, 0.1) is 13.8 Å². The Hall–Kier alpha value is -2.37. The highest BCUT2D eigenvalue weighted by Crippen LogP contribution is 2.28. The Bertz CT molecular complexity index is 800. The molecule has 2 aromatic heterocycles. The fourth-order valence-electron chi connectivity index (χ4n) is 3.40. The standard InChI is InChI=1S/C18H24N4O2/c1-5-22-10-13(11(2)20-22)9-21(4)18(24)16-12(3)19-14-7-6-8-15(23)17(14)16/h10,19H,5-9H2,1-4H3. The first kappa shape index (κ1) is 16.5. The van der Waals surface area contributed by atoms with Gasteiger partial charge in [0.2, 0.25) is 0 Å².